The number of rotatable bonds is 10. The van der Waals surface area contributed by atoms with Crippen molar-refractivity contribution in [3.8, 4) is 0 Å². The zero-order valence-corrected chi connectivity index (χ0v) is 24.0. The summed E-state index contributed by atoms with van der Waals surface area (Å²) in [6, 6.07) is -2.23. The largest absolute Gasteiger partial charge is 0.396 e. The summed E-state index contributed by atoms with van der Waals surface area (Å²) in [4.78, 5) is 0. The molecule has 4 rings (SSSR count). The molecular weight excluding hydrogens is 614 g/mol. The van der Waals surface area contributed by atoms with Crippen LogP contribution in [0.25, 0.3) is 0 Å². The van der Waals surface area contributed by atoms with Gasteiger partial charge in [0, 0.05) is 18.6 Å². The minimum Gasteiger partial charge on any atom is -0.396 e. The lowest BCUT2D eigenvalue weighted by Gasteiger charge is -2.47. The zero-order chi connectivity index (χ0) is 33.3. The summed E-state index contributed by atoms with van der Waals surface area (Å²) >= 11 is 0. The Hall–Kier alpha value is -1.02. The Morgan fingerprint density at radius 1 is 0.622 bits per heavy atom. The standard InChI is InChI=1S/C26H45NO18/c28-3-7-1-9(15(33)21(39)24(7)45-26-23(41)20(38)17(35)12(5-30)44-26)27-10-2-8(13(31)18(36)14(10)32)6-42-25-22(40)19(37)16(34)11(4-29)43-25/h2,7,9-41H,1,3-6H2/t7-,9-,10+,11+,12+,13+,14-,15+,16+,17+,18-,19-,20-,21-,22+,23+,24-,25+,26-/m1/s1. The van der Waals surface area contributed by atoms with Crippen molar-refractivity contribution in [1.82, 2.24) is 5.32 Å². The molecular formula is C26H45NO18. The predicted octanol–water partition coefficient (Wildman–Crippen LogP) is -8.93. The summed E-state index contributed by atoms with van der Waals surface area (Å²) in [6.45, 7) is -2.56. The third-order valence-electron chi connectivity index (χ3n) is 8.98. The van der Waals surface area contributed by atoms with E-state index in [-0.39, 0.29) is 12.0 Å². The molecule has 0 aromatic carbocycles. The summed E-state index contributed by atoms with van der Waals surface area (Å²) in [5.74, 6) is -0.928. The minimum absolute atomic E-state index is 0.0179. The predicted molar refractivity (Wildman–Crippen MR) is 142 cm³/mol. The number of aliphatic hydroxyl groups is 14. The first-order valence-corrected chi connectivity index (χ1v) is 14.6. The van der Waals surface area contributed by atoms with Gasteiger partial charge in [-0.2, -0.15) is 0 Å². The Balaban J connectivity index is 1.44. The van der Waals surface area contributed by atoms with Crippen molar-refractivity contribution in [1.29, 1.82) is 0 Å². The van der Waals surface area contributed by atoms with Gasteiger partial charge in [-0.15, -0.1) is 0 Å². The van der Waals surface area contributed by atoms with Crippen LogP contribution in [0.5, 0.6) is 0 Å². The van der Waals surface area contributed by atoms with E-state index >= 15 is 0 Å². The zero-order valence-electron chi connectivity index (χ0n) is 24.0. The third-order valence-corrected chi connectivity index (χ3v) is 8.98. The van der Waals surface area contributed by atoms with Crippen LogP contribution in [0, 0.1) is 5.92 Å². The van der Waals surface area contributed by atoms with E-state index in [2.05, 4.69) is 5.32 Å². The van der Waals surface area contributed by atoms with Gasteiger partial charge >= 0.3 is 0 Å². The Morgan fingerprint density at radius 2 is 1.18 bits per heavy atom. The number of hydrogen-bond acceptors (Lipinski definition) is 19. The molecule has 4 aliphatic rings. The van der Waals surface area contributed by atoms with Gasteiger partial charge in [-0.3, -0.25) is 0 Å². The van der Waals surface area contributed by atoms with Gasteiger partial charge in [-0.1, -0.05) is 6.08 Å². The molecule has 0 bridgehead atoms. The molecule has 2 aliphatic carbocycles. The first-order valence-electron chi connectivity index (χ1n) is 14.6. The van der Waals surface area contributed by atoms with Crippen LogP contribution < -0.4 is 5.32 Å². The van der Waals surface area contributed by atoms with Crippen LogP contribution in [0.3, 0.4) is 0 Å². The van der Waals surface area contributed by atoms with Gasteiger partial charge in [-0.05, 0) is 12.0 Å². The van der Waals surface area contributed by atoms with E-state index in [1.54, 1.807) is 0 Å². The summed E-state index contributed by atoms with van der Waals surface area (Å²) < 4.78 is 21.7. The highest BCUT2D eigenvalue weighted by molar-refractivity contribution is 5.22. The molecule has 19 atom stereocenters. The average molecular weight is 660 g/mol. The molecule has 1 saturated carbocycles. The highest BCUT2D eigenvalue weighted by Crippen LogP contribution is 2.33. The second-order valence-electron chi connectivity index (χ2n) is 11.9. The van der Waals surface area contributed by atoms with Crippen molar-refractivity contribution in [2.45, 2.75) is 117 Å². The Labute approximate surface area is 256 Å². The van der Waals surface area contributed by atoms with E-state index in [0.717, 1.165) is 0 Å². The SMILES string of the molecule is OC[C@H]1C[C@@H](N[C@H]2C=C(CO[C@H]3O[C@@H](CO)[C@H](O)[C@@H](O)[C@@H]3O)[C@H](O)[C@@H](O)[C@@H]2O)[C@H](O)[C@@H](O)[C@@H]1O[C@H]1O[C@@H](CO)[C@H](O)[C@@H](O)[C@@H]1O. The van der Waals surface area contributed by atoms with Gasteiger partial charge in [0.2, 0.25) is 0 Å². The van der Waals surface area contributed by atoms with Crippen molar-refractivity contribution in [2.24, 2.45) is 5.92 Å². The maximum atomic E-state index is 11.0. The molecule has 262 valence electrons. The monoisotopic (exact) mass is 659 g/mol. The van der Waals surface area contributed by atoms with Crippen LogP contribution in [-0.2, 0) is 18.9 Å². The number of nitrogens with one attached hydrogen (secondary N) is 1. The lowest BCUT2D eigenvalue weighted by atomic mass is 9.78. The van der Waals surface area contributed by atoms with Crippen LogP contribution in [0.2, 0.25) is 0 Å². The van der Waals surface area contributed by atoms with E-state index in [4.69, 9.17) is 18.9 Å². The first-order chi connectivity index (χ1) is 21.2. The van der Waals surface area contributed by atoms with Crippen molar-refractivity contribution in [3.05, 3.63) is 11.6 Å². The summed E-state index contributed by atoms with van der Waals surface area (Å²) in [6.07, 6.45) is -24.7. The molecule has 0 radical (unpaired) electrons. The quantitative estimate of drug-likeness (QED) is 0.0968. The van der Waals surface area contributed by atoms with E-state index in [9.17, 15) is 71.5 Å². The van der Waals surface area contributed by atoms with Crippen molar-refractivity contribution < 1.29 is 90.4 Å². The maximum absolute atomic E-state index is 11.0. The molecule has 0 aromatic heterocycles. The van der Waals surface area contributed by atoms with Gasteiger partial charge < -0.3 is 95.8 Å². The van der Waals surface area contributed by atoms with E-state index in [1.165, 1.54) is 6.08 Å². The molecule has 0 amide bonds. The van der Waals surface area contributed by atoms with Gasteiger partial charge in [-0.25, -0.2) is 0 Å². The van der Waals surface area contributed by atoms with Crippen LogP contribution in [0.15, 0.2) is 11.6 Å². The second kappa shape index (κ2) is 15.5. The Kier molecular flexibility index (Phi) is 12.7. The fourth-order valence-corrected chi connectivity index (χ4v) is 6.14. The number of ether oxygens (including phenoxy) is 4. The molecule has 2 aliphatic heterocycles. The van der Waals surface area contributed by atoms with Crippen molar-refractivity contribution in [2.75, 3.05) is 26.4 Å². The molecule has 0 unspecified atom stereocenters. The van der Waals surface area contributed by atoms with Crippen LogP contribution in [0.4, 0.5) is 0 Å². The van der Waals surface area contributed by atoms with E-state index in [0.29, 0.717) is 0 Å². The lowest BCUT2D eigenvalue weighted by Crippen LogP contribution is -2.66. The third kappa shape index (κ3) is 7.52. The van der Waals surface area contributed by atoms with Gasteiger partial charge in [0.1, 0.15) is 73.2 Å². The van der Waals surface area contributed by atoms with Gasteiger partial charge in [0.05, 0.1) is 38.1 Å². The van der Waals surface area contributed by atoms with E-state index in [1.807, 2.05) is 0 Å². The van der Waals surface area contributed by atoms with Crippen molar-refractivity contribution >= 4 is 0 Å². The molecule has 2 heterocycles. The fourth-order valence-electron chi connectivity index (χ4n) is 6.14. The molecule has 0 aromatic rings. The maximum Gasteiger partial charge on any atom is 0.187 e. The molecule has 2 saturated heterocycles. The Morgan fingerprint density at radius 3 is 1.73 bits per heavy atom. The van der Waals surface area contributed by atoms with Crippen LogP contribution in [-0.4, -0.2) is 208 Å². The highest BCUT2D eigenvalue weighted by Gasteiger charge is 2.51. The fraction of sp³-hybridized carbons (Fsp3) is 0.923. The van der Waals surface area contributed by atoms with E-state index < -0.39 is 142 Å². The van der Waals surface area contributed by atoms with Crippen molar-refractivity contribution in [3.63, 3.8) is 0 Å². The normalized spacial score (nSPS) is 51.2. The second-order valence-corrected chi connectivity index (χ2v) is 11.9. The molecule has 3 fully saturated rings. The number of aliphatic hydroxyl groups excluding tert-OH is 14. The lowest BCUT2D eigenvalue weighted by molar-refractivity contribution is -0.328. The molecule has 45 heavy (non-hydrogen) atoms. The molecule has 15 N–H and O–H groups in total. The first kappa shape index (κ1) is 36.8. The Bertz CT molecular complexity index is 972. The molecule has 19 nitrogen and oxygen atoms in total. The number of hydrogen-bond donors (Lipinski definition) is 15. The van der Waals surface area contributed by atoms with Gasteiger partial charge in [0.15, 0.2) is 12.6 Å². The summed E-state index contributed by atoms with van der Waals surface area (Å²) in [5, 5.41) is 146. The van der Waals surface area contributed by atoms with Crippen LogP contribution >= 0.6 is 0 Å². The smallest absolute Gasteiger partial charge is 0.187 e. The topological polar surface area (TPSA) is 332 Å². The summed E-state index contributed by atoms with van der Waals surface area (Å²) in [7, 11) is 0. The minimum atomic E-state index is -1.80. The highest BCUT2D eigenvalue weighted by atomic mass is 16.7. The van der Waals surface area contributed by atoms with Crippen LogP contribution in [0.1, 0.15) is 6.42 Å². The summed E-state index contributed by atoms with van der Waals surface area (Å²) in [5.41, 5.74) is -0.0179. The molecule has 19 heteroatoms. The average Bonchev–Trinajstić information content (AvgIpc) is 3.03. The van der Waals surface area contributed by atoms with Gasteiger partial charge in [0.25, 0.3) is 0 Å². The molecule has 0 spiro atoms.